The van der Waals surface area contributed by atoms with Gasteiger partial charge in [-0.2, -0.15) is 0 Å². The molecule has 0 aliphatic heterocycles. The second-order valence-electron chi connectivity index (χ2n) is 8.19. The van der Waals surface area contributed by atoms with Crippen molar-refractivity contribution in [1.29, 1.82) is 0 Å². The number of hydrogen-bond acceptors (Lipinski definition) is 4. The molecule has 0 aliphatic rings. The van der Waals surface area contributed by atoms with Gasteiger partial charge in [0.25, 0.3) is 11.5 Å². The van der Waals surface area contributed by atoms with Crippen LogP contribution in [0, 0.1) is 0 Å². The Labute approximate surface area is 212 Å². The number of hydrogen-bond donors (Lipinski definition) is 1. The molecule has 0 radical (unpaired) electrons. The van der Waals surface area contributed by atoms with Crippen molar-refractivity contribution in [3.63, 3.8) is 0 Å². The molecule has 1 N–H and O–H groups in total. The van der Waals surface area contributed by atoms with Gasteiger partial charge in [0.2, 0.25) is 0 Å². The van der Waals surface area contributed by atoms with Crippen LogP contribution in [0.15, 0.2) is 76.7 Å². The van der Waals surface area contributed by atoms with Crippen LogP contribution in [0.1, 0.15) is 35.3 Å². The number of rotatable bonds is 7. The van der Waals surface area contributed by atoms with E-state index in [0.717, 1.165) is 11.1 Å². The summed E-state index contributed by atoms with van der Waals surface area (Å²) in [5, 5.41) is 5.09. The predicted molar refractivity (Wildman–Crippen MR) is 140 cm³/mol. The molecule has 0 spiro atoms. The third-order valence-electron chi connectivity index (χ3n) is 5.11. The number of fused-ring (bicyclic) bond motifs is 1. The lowest BCUT2D eigenvalue weighted by Crippen LogP contribution is -2.30. The van der Waals surface area contributed by atoms with Gasteiger partial charge in [-0.25, -0.2) is 4.98 Å². The summed E-state index contributed by atoms with van der Waals surface area (Å²) >= 11 is 13.7. The number of amides is 1. The van der Waals surface area contributed by atoms with Crippen molar-refractivity contribution >= 4 is 51.8 Å². The highest BCUT2D eigenvalue weighted by atomic mass is 35.5. The molecule has 1 aromatic heterocycles. The third kappa shape index (κ3) is 5.81. The minimum atomic E-state index is -0.164. The number of halogens is 2. The van der Waals surface area contributed by atoms with Gasteiger partial charge in [-0.3, -0.25) is 14.2 Å². The first-order valence-electron chi connectivity index (χ1n) is 10.8. The molecule has 8 heteroatoms. The van der Waals surface area contributed by atoms with Crippen molar-refractivity contribution in [2.24, 2.45) is 0 Å². The summed E-state index contributed by atoms with van der Waals surface area (Å²) in [5.41, 5.74) is 2.93. The lowest BCUT2D eigenvalue weighted by Gasteiger charge is -2.14. The fourth-order valence-corrected chi connectivity index (χ4v) is 4.81. The Balaban J connectivity index is 1.68. The van der Waals surface area contributed by atoms with Crippen LogP contribution in [0.2, 0.25) is 10.0 Å². The number of aromatic nitrogens is 2. The molecule has 0 atom stereocenters. The second kappa shape index (κ2) is 10.6. The molecule has 0 aliphatic carbocycles. The fourth-order valence-electron chi connectivity index (χ4n) is 3.49. The zero-order valence-corrected chi connectivity index (χ0v) is 21.0. The van der Waals surface area contributed by atoms with Crippen LogP contribution >= 0.6 is 35.0 Å². The quantitative estimate of drug-likeness (QED) is 0.237. The van der Waals surface area contributed by atoms with Gasteiger partial charge in [0.1, 0.15) is 0 Å². The smallest absolute Gasteiger partial charge is 0.262 e. The van der Waals surface area contributed by atoms with Gasteiger partial charge in [0.05, 0.1) is 17.4 Å². The van der Waals surface area contributed by atoms with E-state index in [0.29, 0.717) is 44.0 Å². The van der Waals surface area contributed by atoms with E-state index in [9.17, 15) is 9.59 Å². The molecule has 0 bridgehead atoms. The average Bonchev–Trinajstić information content (AvgIpc) is 2.80. The third-order valence-corrected chi connectivity index (χ3v) is 6.63. The molecule has 5 nitrogen and oxygen atoms in total. The minimum Gasteiger partial charge on any atom is -0.350 e. The molecule has 34 heavy (non-hydrogen) atoms. The first-order valence-corrected chi connectivity index (χ1v) is 12.5. The van der Waals surface area contributed by atoms with E-state index in [-0.39, 0.29) is 17.5 Å². The Morgan fingerprint density at radius 1 is 1.00 bits per heavy atom. The summed E-state index contributed by atoms with van der Waals surface area (Å²) in [7, 11) is 0. The highest BCUT2D eigenvalue weighted by Crippen LogP contribution is 2.25. The van der Waals surface area contributed by atoms with E-state index in [1.165, 1.54) is 11.8 Å². The van der Waals surface area contributed by atoms with Crippen LogP contribution in [-0.4, -0.2) is 21.5 Å². The Morgan fingerprint density at radius 2 is 1.74 bits per heavy atom. The number of carbonyl (C=O) groups is 1. The van der Waals surface area contributed by atoms with Crippen LogP contribution < -0.4 is 10.9 Å². The van der Waals surface area contributed by atoms with Crippen molar-refractivity contribution in [3.8, 4) is 0 Å². The monoisotopic (exact) mass is 511 g/mol. The molecule has 3 aromatic carbocycles. The molecule has 0 fully saturated rings. The van der Waals surface area contributed by atoms with Crippen LogP contribution in [0.25, 0.3) is 10.9 Å². The van der Waals surface area contributed by atoms with Gasteiger partial charge >= 0.3 is 0 Å². The van der Waals surface area contributed by atoms with Crippen molar-refractivity contribution in [2.45, 2.75) is 37.3 Å². The fraction of sp³-hybridized carbons (Fsp3) is 0.192. The summed E-state index contributed by atoms with van der Waals surface area (Å²) < 4.78 is 1.65. The summed E-state index contributed by atoms with van der Waals surface area (Å²) in [6.45, 7) is 4.15. The molecular formula is C26H23Cl2N3O2S. The Bertz CT molecular complexity index is 1400. The highest BCUT2D eigenvalue weighted by Gasteiger charge is 2.14. The maximum atomic E-state index is 13.4. The first kappa shape index (κ1) is 24.3. The van der Waals surface area contributed by atoms with Gasteiger partial charge in [0, 0.05) is 27.4 Å². The Morgan fingerprint density at radius 3 is 2.44 bits per heavy atom. The van der Waals surface area contributed by atoms with E-state index in [1.54, 1.807) is 34.9 Å². The zero-order chi connectivity index (χ0) is 24.2. The largest absolute Gasteiger partial charge is 0.350 e. The molecule has 0 saturated carbocycles. The molecule has 1 amide bonds. The lowest BCUT2D eigenvalue weighted by molar-refractivity contribution is 0.0943. The first-order chi connectivity index (χ1) is 16.3. The van der Waals surface area contributed by atoms with Gasteiger partial charge in [0.15, 0.2) is 5.16 Å². The number of nitrogens with zero attached hydrogens (tertiary/aromatic N) is 2. The summed E-state index contributed by atoms with van der Waals surface area (Å²) in [5.74, 6) is 0.485. The van der Waals surface area contributed by atoms with Gasteiger partial charge in [-0.15, -0.1) is 0 Å². The molecule has 4 aromatic rings. The lowest BCUT2D eigenvalue weighted by atomic mass is 10.1. The van der Waals surface area contributed by atoms with Crippen LogP contribution in [-0.2, 0) is 12.3 Å². The zero-order valence-electron chi connectivity index (χ0n) is 18.7. The molecule has 0 unspecified atom stereocenters. The van der Waals surface area contributed by atoms with Crippen molar-refractivity contribution in [3.05, 3.63) is 104 Å². The maximum Gasteiger partial charge on any atom is 0.262 e. The van der Waals surface area contributed by atoms with E-state index < -0.39 is 0 Å². The molecule has 4 rings (SSSR count). The number of carbonyl (C=O) groups excluding carboxylic acids is 1. The topological polar surface area (TPSA) is 64.0 Å². The molecule has 1 heterocycles. The van der Waals surface area contributed by atoms with E-state index >= 15 is 0 Å². The summed E-state index contributed by atoms with van der Waals surface area (Å²) in [6.07, 6.45) is 0. The van der Waals surface area contributed by atoms with Crippen molar-refractivity contribution in [2.75, 3.05) is 0 Å². The van der Waals surface area contributed by atoms with Gasteiger partial charge in [-0.1, -0.05) is 59.2 Å². The molecule has 174 valence electrons. The standard InChI is InChI=1S/C26H23Cl2N3O2S/c1-16(2)29-24(32)19-8-6-17(7-9-19)14-31-25(33)22-13-21(28)10-11-23(22)30-26(31)34-15-18-4-3-5-20(27)12-18/h3-13,16H,14-15H2,1-2H3,(H,29,32). The van der Waals surface area contributed by atoms with E-state index in [4.69, 9.17) is 28.2 Å². The number of nitrogens with one attached hydrogen (secondary N) is 1. The SMILES string of the molecule is CC(C)NC(=O)c1ccc(Cn2c(SCc3cccc(Cl)c3)nc3ccc(Cl)cc3c2=O)cc1. The highest BCUT2D eigenvalue weighted by molar-refractivity contribution is 7.98. The van der Waals surface area contributed by atoms with Crippen molar-refractivity contribution < 1.29 is 4.79 Å². The van der Waals surface area contributed by atoms with E-state index in [2.05, 4.69) is 5.32 Å². The van der Waals surface area contributed by atoms with E-state index in [1.807, 2.05) is 50.2 Å². The van der Waals surface area contributed by atoms with Crippen molar-refractivity contribution in [1.82, 2.24) is 14.9 Å². The molecule has 0 saturated heterocycles. The minimum absolute atomic E-state index is 0.0559. The summed E-state index contributed by atoms with van der Waals surface area (Å²) in [4.78, 5) is 30.4. The Hall–Kier alpha value is -2.80. The summed E-state index contributed by atoms with van der Waals surface area (Å²) in [6, 6.07) is 20.1. The maximum absolute atomic E-state index is 13.4. The average molecular weight is 512 g/mol. The van der Waals surface area contributed by atoms with Crippen LogP contribution in [0.3, 0.4) is 0 Å². The van der Waals surface area contributed by atoms with Crippen LogP contribution in [0.5, 0.6) is 0 Å². The predicted octanol–water partition coefficient (Wildman–Crippen LogP) is 6.18. The molecular weight excluding hydrogens is 489 g/mol. The number of thioether (sulfide) groups is 1. The normalized spacial score (nSPS) is 11.2. The second-order valence-corrected chi connectivity index (χ2v) is 10.0. The Kier molecular flexibility index (Phi) is 7.61. The van der Waals surface area contributed by atoms with Crippen LogP contribution in [0.4, 0.5) is 0 Å². The van der Waals surface area contributed by atoms with Gasteiger partial charge < -0.3 is 5.32 Å². The van der Waals surface area contributed by atoms with Gasteiger partial charge in [-0.05, 0) is 67.4 Å². The number of benzene rings is 3.